The smallest absolute Gasteiger partial charge is 0.253 e. The van der Waals surface area contributed by atoms with Gasteiger partial charge in [-0.05, 0) is 25.0 Å². The lowest BCUT2D eigenvalue weighted by atomic mass is 10.1. The van der Waals surface area contributed by atoms with Gasteiger partial charge in [0.05, 0.1) is 12.3 Å². The van der Waals surface area contributed by atoms with E-state index in [1.54, 1.807) is 6.20 Å². The van der Waals surface area contributed by atoms with Crippen molar-refractivity contribution in [3.63, 3.8) is 0 Å². The van der Waals surface area contributed by atoms with Gasteiger partial charge in [-0.25, -0.2) is 4.98 Å². The van der Waals surface area contributed by atoms with E-state index in [4.69, 9.17) is 14.9 Å². The number of nitrogens with zero attached hydrogens (tertiary/aromatic N) is 1. The standard InChI is InChI=1S/C15H17N3O3/c16-7-12-4-5-13(21-12)15(19)18-11-3-1-2-10(6-11)14-8-17-9-20-14/h1-3,6,8-9,12-13H,4-5,7,16H2,(H,18,19). The van der Waals surface area contributed by atoms with Crippen LogP contribution in [0.3, 0.4) is 0 Å². The molecule has 0 aliphatic carbocycles. The fourth-order valence-corrected chi connectivity index (χ4v) is 2.40. The molecule has 21 heavy (non-hydrogen) atoms. The lowest BCUT2D eigenvalue weighted by Crippen LogP contribution is -2.29. The van der Waals surface area contributed by atoms with Crippen LogP contribution in [0.4, 0.5) is 5.69 Å². The summed E-state index contributed by atoms with van der Waals surface area (Å²) in [6.45, 7) is 0.449. The molecule has 0 radical (unpaired) electrons. The molecule has 1 fully saturated rings. The van der Waals surface area contributed by atoms with Crippen LogP contribution in [0.5, 0.6) is 0 Å². The number of benzene rings is 1. The van der Waals surface area contributed by atoms with Gasteiger partial charge in [0, 0.05) is 17.8 Å². The van der Waals surface area contributed by atoms with E-state index < -0.39 is 6.10 Å². The Labute approximate surface area is 122 Å². The van der Waals surface area contributed by atoms with E-state index in [2.05, 4.69) is 10.3 Å². The van der Waals surface area contributed by atoms with Crippen LogP contribution in [0.25, 0.3) is 11.3 Å². The first-order valence-corrected chi connectivity index (χ1v) is 6.91. The minimum absolute atomic E-state index is 0.0127. The van der Waals surface area contributed by atoms with Crippen molar-refractivity contribution in [2.45, 2.75) is 25.0 Å². The van der Waals surface area contributed by atoms with E-state index in [0.717, 1.165) is 12.0 Å². The number of amides is 1. The number of aromatic nitrogens is 1. The first-order chi connectivity index (χ1) is 10.3. The lowest BCUT2D eigenvalue weighted by Gasteiger charge is -2.13. The maximum Gasteiger partial charge on any atom is 0.253 e. The quantitative estimate of drug-likeness (QED) is 0.894. The highest BCUT2D eigenvalue weighted by Gasteiger charge is 2.29. The molecule has 1 aromatic heterocycles. The van der Waals surface area contributed by atoms with Gasteiger partial charge in [-0.1, -0.05) is 12.1 Å². The highest BCUT2D eigenvalue weighted by atomic mass is 16.5. The number of anilines is 1. The van der Waals surface area contributed by atoms with Gasteiger partial charge in [0.25, 0.3) is 5.91 Å². The lowest BCUT2D eigenvalue weighted by molar-refractivity contribution is -0.126. The highest BCUT2D eigenvalue weighted by Crippen LogP contribution is 2.24. The zero-order valence-electron chi connectivity index (χ0n) is 11.5. The molecule has 6 heteroatoms. The van der Waals surface area contributed by atoms with Crippen molar-refractivity contribution in [3.05, 3.63) is 36.9 Å². The second-order valence-electron chi connectivity index (χ2n) is 5.00. The third-order valence-electron chi connectivity index (χ3n) is 3.51. The minimum atomic E-state index is -0.424. The molecule has 2 atom stereocenters. The van der Waals surface area contributed by atoms with Crippen molar-refractivity contribution in [1.29, 1.82) is 0 Å². The monoisotopic (exact) mass is 287 g/mol. The Morgan fingerprint density at radius 3 is 3.05 bits per heavy atom. The summed E-state index contributed by atoms with van der Waals surface area (Å²) in [5.74, 6) is 0.520. The summed E-state index contributed by atoms with van der Waals surface area (Å²) in [6, 6.07) is 7.42. The van der Waals surface area contributed by atoms with Gasteiger partial charge in [0.2, 0.25) is 0 Å². The van der Waals surface area contributed by atoms with E-state index in [1.165, 1.54) is 6.39 Å². The number of oxazole rings is 1. The molecule has 2 aromatic rings. The summed E-state index contributed by atoms with van der Waals surface area (Å²) in [7, 11) is 0. The van der Waals surface area contributed by atoms with Crippen molar-refractivity contribution in [3.8, 4) is 11.3 Å². The number of hydrogen-bond donors (Lipinski definition) is 2. The van der Waals surface area contributed by atoms with Gasteiger partial charge in [0.1, 0.15) is 6.10 Å². The van der Waals surface area contributed by atoms with Gasteiger partial charge in [-0.3, -0.25) is 4.79 Å². The van der Waals surface area contributed by atoms with E-state index >= 15 is 0 Å². The summed E-state index contributed by atoms with van der Waals surface area (Å²) < 4.78 is 10.8. The van der Waals surface area contributed by atoms with Crippen LogP contribution >= 0.6 is 0 Å². The molecule has 3 rings (SSSR count). The number of carbonyl (C=O) groups is 1. The van der Waals surface area contributed by atoms with Gasteiger partial charge in [-0.2, -0.15) is 0 Å². The summed E-state index contributed by atoms with van der Waals surface area (Å²) in [6.07, 6.45) is 4.10. The summed E-state index contributed by atoms with van der Waals surface area (Å²) in [5.41, 5.74) is 7.11. The van der Waals surface area contributed by atoms with Crippen molar-refractivity contribution in [2.24, 2.45) is 5.73 Å². The van der Waals surface area contributed by atoms with Gasteiger partial charge in [0.15, 0.2) is 12.2 Å². The number of nitrogens with two attached hydrogens (primary N) is 1. The Hall–Kier alpha value is -2.18. The second-order valence-corrected chi connectivity index (χ2v) is 5.00. The molecule has 3 N–H and O–H groups in total. The minimum Gasteiger partial charge on any atom is -0.444 e. The fourth-order valence-electron chi connectivity index (χ4n) is 2.40. The normalized spacial score (nSPS) is 21.4. The Balaban J connectivity index is 1.68. The molecule has 2 unspecified atom stereocenters. The molecule has 1 aromatic carbocycles. The van der Waals surface area contributed by atoms with Crippen LogP contribution in [-0.2, 0) is 9.53 Å². The molecule has 0 bridgehead atoms. The predicted molar refractivity (Wildman–Crippen MR) is 77.5 cm³/mol. The number of ether oxygens (including phenoxy) is 1. The van der Waals surface area contributed by atoms with Crippen molar-refractivity contribution in [2.75, 3.05) is 11.9 Å². The molecule has 0 spiro atoms. The number of nitrogens with one attached hydrogen (secondary N) is 1. The fraction of sp³-hybridized carbons (Fsp3) is 0.333. The zero-order chi connectivity index (χ0) is 14.7. The van der Waals surface area contributed by atoms with Crippen LogP contribution in [0.15, 0.2) is 41.3 Å². The van der Waals surface area contributed by atoms with Crippen LogP contribution < -0.4 is 11.1 Å². The third-order valence-corrected chi connectivity index (χ3v) is 3.51. The Bertz CT molecular complexity index is 612. The molecule has 110 valence electrons. The molecule has 2 heterocycles. The summed E-state index contributed by atoms with van der Waals surface area (Å²) in [4.78, 5) is 16.0. The maximum absolute atomic E-state index is 12.2. The van der Waals surface area contributed by atoms with Crippen LogP contribution in [0.2, 0.25) is 0 Å². The van der Waals surface area contributed by atoms with E-state index in [9.17, 15) is 4.79 Å². The van der Waals surface area contributed by atoms with Crippen LogP contribution in [0.1, 0.15) is 12.8 Å². The highest BCUT2D eigenvalue weighted by molar-refractivity contribution is 5.94. The van der Waals surface area contributed by atoms with E-state index in [0.29, 0.717) is 24.4 Å². The summed E-state index contributed by atoms with van der Waals surface area (Å²) in [5, 5.41) is 2.86. The topological polar surface area (TPSA) is 90.4 Å². The van der Waals surface area contributed by atoms with Gasteiger partial charge < -0.3 is 20.2 Å². The molecular weight excluding hydrogens is 270 g/mol. The summed E-state index contributed by atoms with van der Waals surface area (Å²) >= 11 is 0. The van der Waals surface area contributed by atoms with Crippen molar-refractivity contribution < 1.29 is 13.9 Å². The van der Waals surface area contributed by atoms with Crippen LogP contribution in [0, 0.1) is 0 Å². The predicted octanol–water partition coefficient (Wildman–Crippen LogP) is 1.79. The average Bonchev–Trinajstić information content (AvgIpc) is 3.19. The molecule has 1 aliphatic rings. The average molecular weight is 287 g/mol. The second kappa shape index (κ2) is 6.07. The maximum atomic E-state index is 12.2. The molecule has 1 amide bonds. The largest absolute Gasteiger partial charge is 0.444 e. The number of carbonyl (C=O) groups excluding carboxylic acids is 1. The number of hydrogen-bond acceptors (Lipinski definition) is 5. The van der Waals surface area contributed by atoms with Crippen molar-refractivity contribution in [1.82, 2.24) is 4.98 Å². The van der Waals surface area contributed by atoms with E-state index in [1.807, 2.05) is 24.3 Å². The molecule has 1 saturated heterocycles. The van der Waals surface area contributed by atoms with Crippen LogP contribution in [-0.4, -0.2) is 29.6 Å². The Morgan fingerprint density at radius 1 is 1.43 bits per heavy atom. The zero-order valence-corrected chi connectivity index (χ0v) is 11.5. The molecule has 1 aliphatic heterocycles. The SMILES string of the molecule is NCC1CCC(C(=O)Nc2cccc(-c3cnco3)c2)O1. The van der Waals surface area contributed by atoms with E-state index in [-0.39, 0.29) is 12.0 Å². The third kappa shape index (κ3) is 3.12. The first-order valence-electron chi connectivity index (χ1n) is 6.91. The Morgan fingerprint density at radius 2 is 2.33 bits per heavy atom. The van der Waals surface area contributed by atoms with Gasteiger partial charge in [-0.15, -0.1) is 0 Å². The van der Waals surface area contributed by atoms with Crippen molar-refractivity contribution >= 4 is 11.6 Å². The number of rotatable bonds is 4. The van der Waals surface area contributed by atoms with Gasteiger partial charge >= 0.3 is 0 Å². The first kappa shape index (κ1) is 13.8. The molecule has 6 nitrogen and oxygen atoms in total. The molecule has 0 saturated carbocycles. The Kier molecular flexibility index (Phi) is 3.98. The molecular formula is C15H17N3O3.